The van der Waals surface area contributed by atoms with E-state index in [0.717, 1.165) is 38.0 Å². The van der Waals surface area contributed by atoms with Gasteiger partial charge in [0.1, 0.15) is 11.5 Å². The van der Waals surface area contributed by atoms with Crippen molar-refractivity contribution in [3.63, 3.8) is 0 Å². The molecular weight excluding hydrogens is 445 g/mol. The zero-order chi connectivity index (χ0) is 23.2. The fourth-order valence-electron chi connectivity index (χ4n) is 4.19. The zero-order valence-corrected chi connectivity index (χ0v) is 19.1. The van der Waals surface area contributed by atoms with E-state index in [0.29, 0.717) is 23.1 Å². The molecule has 4 aromatic rings. The van der Waals surface area contributed by atoms with Gasteiger partial charge in [-0.1, -0.05) is 12.1 Å². The van der Waals surface area contributed by atoms with Gasteiger partial charge < -0.3 is 10.2 Å². The maximum atomic E-state index is 14.8. The van der Waals surface area contributed by atoms with Crippen LogP contribution < -0.4 is 5.32 Å². The molecule has 1 aromatic carbocycles. The van der Waals surface area contributed by atoms with Crippen molar-refractivity contribution in [1.82, 2.24) is 29.3 Å². The van der Waals surface area contributed by atoms with Gasteiger partial charge in [-0.25, -0.2) is 17.3 Å². The van der Waals surface area contributed by atoms with Gasteiger partial charge in [0, 0.05) is 31.1 Å². The molecule has 172 valence electrons. The van der Waals surface area contributed by atoms with Crippen LogP contribution in [0, 0.1) is 11.7 Å². The van der Waals surface area contributed by atoms with Crippen molar-refractivity contribution < 1.29 is 12.8 Å². The van der Waals surface area contributed by atoms with Gasteiger partial charge in [-0.05, 0) is 50.2 Å². The molecule has 1 unspecified atom stereocenters. The Morgan fingerprint density at radius 3 is 2.67 bits per heavy atom. The first-order valence-corrected chi connectivity index (χ1v) is 12.5. The molecule has 0 aliphatic carbocycles. The number of fused-ring (bicyclic) bond motifs is 1. The monoisotopic (exact) mass is 469 g/mol. The van der Waals surface area contributed by atoms with Crippen LogP contribution in [0.4, 0.5) is 16.0 Å². The highest BCUT2D eigenvalue weighted by Gasteiger charge is 2.20. The number of nitrogens with one attached hydrogen (secondary N) is 1. The number of likely N-dealkylation sites (tertiary alicyclic amines) is 1. The molecule has 5 rings (SSSR count). The third-order valence-electron chi connectivity index (χ3n) is 5.83. The summed E-state index contributed by atoms with van der Waals surface area (Å²) < 4.78 is 41.5. The number of anilines is 2. The summed E-state index contributed by atoms with van der Waals surface area (Å²) in [5, 5.41) is 12.0. The Morgan fingerprint density at radius 1 is 1.18 bits per heavy atom. The molecule has 0 bridgehead atoms. The second-order valence-corrected chi connectivity index (χ2v) is 10.5. The standard InChI is InChI=1S/C22H24FN7O2S/c1-28-10-9-15(12-28)13-29-14-17(11-24-29)25-22-26-20-8-7-19(23)21(30(20)27-22)16-3-5-18(6-4-16)33(2,31)32/h3-8,11,14-15H,9-10,12-13H2,1-2H3,(H,25,27). The molecule has 1 aliphatic heterocycles. The van der Waals surface area contributed by atoms with Gasteiger partial charge in [0.2, 0.25) is 5.95 Å². The van der Waals surface area contributed by atoms with E-state index in [2.05, 4.69) is 32.4 Å². The molecule has 0 saturated carbocycles. The molecule has 3 aromatic heterocycles. The van der Waals surface area contributed by atoms with Crippen LogP contribution in [0.2, 0.25) is 0 Å². The third-order valence-corrected chi connectivity index (χ3v) is 6.96. The first-order chi connectivity index (χ1) is 15.8. The lowest BCUT2D eigenvalue weighted by Gasteiger charge is -2.09. The van der Waals surface area contributed by atoms with Crippen molar-refractivity contribution >= 4 is 27.1 Å². The highest BCUT2D eigenvalue weighted by Crippen LogP contribution is 2.26. The summed E-state index contributed by atoms with van der Waals surface area (Å²) in [5.74, 6) is 0.408. The molecule has 1 atom stereocenters. The molecule has 1 fully saturated rings. The van der Waals surface area contributed by atoms with E-state index in [1.54, 1.807) is 24.4 Å². The average molecular weight is 470 g/mol. The smallest absolute Gasteiger partial charge is 0.247 e. The Hall–Kier alpha value is -3.31. The Morgan fingerprint density at radius 2 is 1.97 bits per heavy atom. The van der Waals surface area contributed by atoms with Crippen LogP contribution in [0.15, 0.2) is 53.7 Å². The van der Waals surface area contributed by atoms with Gasteiger partial charge >= 0.3 is 0 Å². The van der Waals surface area contributed by atoms with E-state index in [4.69, 9.17) is 0 Å². The van der Waals surface area contributed by atoms with Gasteiger partial charge in [-0.2, -0.15) is 10.1 Å². The van der Waals surface area contributed by atoms with Gasteiger partial charge in [0.05, 0.1) is 16.8 Å². The lowest BCUT2D eigenvalue weighted by atomic mass is 10.1. The number of sulfone groups is 1. The Kier molecular flexibility index (Phi) is 5.37. The largest absolute Gasteiger partial charge is 0.320 e. The topological polar surface area (TPSA) is 97.4 Å². The summed E-state index contributed by atoms with van der Waals surface area (Å²) in [6.07, 6.45) is 5.92. The van der Waals surface area contributed by atoms with Gasteiger partial charge in [0.15, 0.2) is 15.5 Å². The van der Waals surface area contributed by atoms with E-state index in [9.17, 15) is 12.8 Å². The van der Waals surface area contributed by atoms with Crippen molar-refractivity contribution in [2.45, 2.75) is 17.9 Å². The summed E-state index contributed by atoms with van der Waals surface area (Å²) in [6.45, 7) is 3.03. The third kappa shape index (κ3) is 4.46. The Labute approximate surface area is 190 Å². The van der Waals surface area contributed by atoms with Crippen LogP contribution in [0.5, 0.6) is 0 Å². The van der Waals surface area contributed by atoms with E-state index in [-0.39, 0.29) is 10.6 Å². The quantitative estimate of drug-likeness (QED) is 0.464. The number of aromatic nitrogens is 5. The summed E-state index contributed by atoms with van der Waals surface area (Å²) in [6, 6.07) is 8.90. The maximum absolute atomic E-state index is 14.8. The van der Waals surface area contributed by atoms with E-state index < -0.39 is 15.7 Å². The normalized spacial score (nSPS) is 17.1. The molecule has 9 nitrogen and oxygen atoms in total. The molecule has 1 saturated heterocycles. The highest BCUT2D eigenvalue weighted by atomic mass is 32.2. The Bertz CT molecular complexity index is 1410. The van der Waals surface area contributed by atoms with Crippen molar-refractivity contribution in [2.75, 3.05) is 31.7 Å². The lowest BCUT2D eigenvalue weighted by Crippen LogP contribution is -2.17. The molecule has 0 amide bonds. The van der Waals surface area contributed by atoms with Crippen molar-refractivity contribution in [1.29, 1.82) is 0 Å². The molecule has 33 heavy (non-hydrogen) atoms. The van der Waals surface area contributed by atoms with Gasteiger partial charge in [0.25, 0.3) is 0 Å². The predicted octanol–water partition coefficient (Wildman–Crippen LogP) is 2.83. The Balaban J connectivity index is 1.40. The number of halogens is 1. The minimum absolute atomic E-state index is 0.168. The summed E-state index contributed by atoms with van der Waals surface area (Å²) in [4.78, 5) is 6.94. The second-order valence-electron chi connectivity index (χ2n) is 8.52. The zero-order valence-electron chi connectivity index (χ0n) is 18.3. The van der Waals surface area contributed by atoms with Crippen molar-refractivity contribution in [2.24, 2.45) is 5.92 Å². The number of hydrogen-bond acceptors (Lipinski definition) is 7. The molecule has 11 heteroatoms. The predicted molar refractivity (Wildman–Crippen MR) is 123 cm³/mol. The lowest BCUT2D eigenvalue weighted by molar-refractivity contribution is 0.370. The van der Waals surface area contributed by atoms with Crippen LogP contribution >= 0.6 is 0 Å². The van der Waals surface area contributed by atoms with E-state index >= 15 is 0 Å². The SMILES string of the molecule is CN1CCC(Cn2cc(Nc3nc4ccc(F)c(-c5ccc(S(C)(=O)=O)cc5)n4n3)cn2)C1. The first-order valence-electron chi connectivity index (χ1n) is 10.6. The molecule has 1 aliphatic rings. The van der Waals surface area contributed by atoms with E-state index in [1.165, 1.54) is 22.7 Å². The van der Waals surface area contributed by atoms with Crippen molar-refractivity contribution in [3.8, 4) is 11.3 Å². The molecule has 0 spiro atoms. The maximum Gasteiger partial charge on any atom is 0.247 e. The van der Waals surface area contributed by atoms with Crippen molar-refractivity contribution in [3.05, 3.63) is 54.6 Å². The minimum Gasteiger partial charge on any atom is -0.320 e. The number of benzene rings is 1. The second kappa shape index (κ2) is 8.23. The fraction of sp³-hybridized carbons (Fsp3) is 0.318. The summed E-state index contributed by atoms with van der Waals surface area (Å²) in [7, 11) is -1.22. The average Bonchev–Trinajstić information content (AvgIpc) is 3.48. The van der Waals surface area contributed by atoms with Crippen LogP contribution in [0.1, 0.15) is 6.42 Å². The highest BCUT2D eigenvalue weighted by molar-refractivity contribution is 7.90. The molecular formula is C22H24FN7O2S. The summed E-state index contributed by atoms with van der Waals surface area (Å²) >= 11 is 0. The first kappa shape index (κ1) is 21.5. The number of pyridine rings is 1. The minimum atomic E-state index is -3.34. The van der Waals surface area contributed by atoms with Gasteiger partial charge in [-0.3, -0.25) is 4.68 Å². The van der Waals surface area contributed by atoms with Crippen LogP contribution in [-0.4, -0.2) is 64.1 Å². The van der Waals surface area contributed by atoms with Crippen LogP contribution in [0.3, 0.4) is 0 Å². The van der Waals surface area contributed by atoms with Gasteiger partial charge in [-0.15, -0.1) is 5.10 Å². The molecule has 4 heterocycles. The summed E-state index contributed by atoms with van der Waals surface area (Å²) in [5.41, 5.74) is 1.91. The van der Waals surface area contributed by atoms with Crippen LogP contribution in [-0.2, 0) is 16.4 Å². The van der Waals surface area contributed by atoms with Crippen LogP contribution in [0.25, 0.3) is 16.9 Å². The number of nitrogens with zero attached hydrogens (tertiary/aromatic N) is 6. The number of rotatable bonds is 6. The number of hydrogen-bond donors (Lipinski definition) is 1. The van der Waals surface area contributed by atoms with E-state index in [1.807, 2.05) is 10.9 Å². The fourth-order valence-corrected chi connectivity index (χ4v) is 4.82. The molecule has 0 radical (unpaired) electrons. The molecule has 1 N–H and O–H groups in total.